The summed E-state index contributed by atoms with van der Waals surface area (Å²) >= 11 is 0. The Morgan fingerprint density at radius 1 is 0.759 bits per heavy atom. The van der Waals surface area contributed by atoms with Crippen LogP contribution in [0.4, 0.5) is 33.3 Å². The molecule has 29 heavy (non-hydrogen) atoms. The smallest absolute Gasteiger partial charge is 0.370 e. The monoisotopic (exact) mass is 422 g/mol. The minimum atomic E-state index is -5.92. The zero-order valence-corrected chi connectivity index (χ0v) is 17.6. The SMILES string of the molecule is CCCN(CCC)c1ccc(C(=O)C(F)(F)C(F)(F)F)cc1N(CCC)CCC. The van der Waals surface area contributed by atoms with Crippen LogP contribution >= 0.6 is 0 Å². The van der Waals surface area contributed by atoms with Crippen molar-refractivity contribution >= 4 is 17.2 Å². The van der Waals surface area contributed by atoms with Crippen LogP contribution in [0.25, 0.3) is 0 Å². The first-order chi connectivity index (χ1) is 13.5. The Labute approximate surface area is 169 Å². The number of hydrogen-bond acceptors (Lipinski definition) is 3. The lowest BCUT2D eigenvalue weighted by Crippen LogP contribution is -2.44. The van der Waals surface area contributed by atoms with Crippen molar-refractivity contribution in [3.8, 4) is 0 Å². The molecule has 0 aromatic heterocycles. The molecule has 0 aliphatic heterocycles. The highest BCUT2D eigenvalue weighted by molar-refractivity contribution is 6.03. The molecule has 0 heterocycles. The molecule has 3 nitrogen and oxygen atoms in total. The maximum atomic E-state index is 13.6. The second-order valence-electron chi connectivity index (χ2n) is 7.08. The van der Waals surface area contributed by atoms with Gasteiger partial charge in [-0.2, -0.15) is 22.0 Å². The van der Waals surface area contributed by atoms with Gasteiger partial charge in [-0.05, 0) is 43.9 Å². The van der Waals surface area contributed by atoms with E-state index >= 15 is 0 Å². The molecule has 8 heteroatoms. The molecule has 1 aromatic carbocycles. The van der Waals surface area contributed by atoms with E-state index in [2.05, 4.69) is 4.90 Å². The number of carbonyl (C=O) groups excluding carboxylic acids is 1. The summed E-state index contributed by atoms with van der Waals surface area (Å²) in [5.41, 5.74) is 0.651. The molecule has 0 aliphatic rings. The van der Waals surface area contributed by atoms with E-state index in [1.807, 2.05) is 32.6 Å². The number of benzene rings is 1. The highest BCUT2D eigenvalue weighted by atomic mass is 19.4. The third kappa shape index (κ3) is 6.06. The predicted octanol–water partition coefficient (Wildman–Crippen LogP) is 6.32. The van der Waals surface area contributed by atoms with Crippen molar-refractivity contribution in [1.29, 1.82) is 0 Å². The first kappa shape index (κ1) is 25.2. The van der Waals surface area contributed by atoms with Gasteiger partial charge in [0, 0.05) is 31.7 Å². The second-order valence-corrected chi connectivity index (χ2v) is 7.08. The third-order valence-electron chi connectivity index (χ3n) is 4.53. The molecular formula is C21H31F5N2O. The summed E-state index contributed by atoms with van der Waals surface area (Å²) in [7, 11) is 0. The fourth-order valence-corrected chi connectivity index (χ4v) is 3.28. The topological polar surface area (TPSA) is 23.6 Å². The van der Waals surface area contributed by atoms with Crippen LogP contribution in [0.2, 0.25) is 0 Å². The molecule has 0 amide bonds. The molecule has 0 saturated heterocycles. The van der Waals surface area contributed by atoms with Crippen molar-refractivity contribution in [1.82, 2.24) is 0 Å². The first-order valence-electron chi connectivity index (χ1n) is 10.2. The summed E-state index contributed by atoms with van der Waals surface area (Å²) in [6, 6.07) is 3.77. The van der Waals surface area contributed by atoms with E-state index in [0.717, 1.165) is 50.5 Å². The van der Waals surface area contributed by atoms with Crippen molar-refractivity contribution in [2.24, 2.45) is 0 Å². The van der Waals surface area contributed by atoms with Gasteiger partial charge in [-0.25, -0.2) is 0 Å². The standard InChI is InChI=1S/C21H31F5N2O/c1-5-11-27(12-6-2)17-10-9-16(19(29)20(22,23)21(24,25)26)15-18(17)28(13-7-3)14-8-4/h9-10,15H,5-8,11-14H2,1-4H3. The van der Waals surface area contributed by atoms with Crippen LogP contribution < -0.4 is 9.80 Å². The van der Waals surface area contributed by atoms with Crippen LogP contribution in [-0.2, 0) is 0 Å². The van der Waals surface area contributed by atoms with E-state index in [9.17, 15) is 26.7 Å². The Bertz CT molecular complexity index is 649. The maximum absolute atomic E-state index is 13.6. The van der Waals surface area contributed by atoms with E-state index < -0.39 is 23.4 Å². The lowest BCUT2D eigenvalue weighted by atomic mass is 10.0. The Kier molecular flexibility index (Phi) is 9.36. The summed E-state index contributed by atoms with van der Waals surface area (Å²) in [6.07, 6.45) is -2.66. The second kappa shape index (κ2) is 10.8. The van der Waals surface area contributed by atoms with E-state index in [1.54, 1.807) is 0 Å². The van der Waals surface area contributed by atoms with Gasteiger partial charge in [0.05, 0.1) is 11.4 Å². The van der Waals surface area contributed by atoms with Crippen molar-refractivity contribution in [2.75, 3.05) is 36.0 Å². The Balaban J connectivity index is 3.54. The Morgan fingerprint density at radius 2 is 1.17 bits per heavy atom. The lowest BCUT2D eigenvalue weighted by molar-refractivity contribution is -0.255. The molecule has 0 N–H and O–H groups in total. The summed E-state index contributed by atoms with van der Waals surface area (Å²) in [6.45, 7) is 10.6. The molecule has 166 valence electrons. The fourth-order valence-electron chi connectivity index (χ4n) is 3.28. The van der Waals surface area contributed by atoms with Crippen LogP contribution in [0.5, 0.6) is 0 Å². The van der Waals surface area contributed by atoms with Crippen LogP contribution in [0, 0.1) is 0 Å². The van der Waals surface area contributed by atoms with E-state index in [-0.39, 0.29) is 0 Å². The van der Waals surface area contributed by atoms with Crippen LogP contribution in [0.15, 0.2) is 18.2 Å². The quantitative estimate of drug-likeness (QED) is 0.291. The number of Topliss-reactive ketones (excluding diaryl/α,β-unsaturated/α-hetero) is 1. The van der Waals surface area contributed by atoms with E-state index in [4.69, 9.17) is 0 Å². The molecule has 0 spiro atoms. The third-order valence-corrected chi connectivity index (χ3v) is 4.53. The Morgan fingerprint density at radius 3 is 1.55 bits per heavy atom. The maximum Gasteiger partial charge on any atom is 0.461 e. The van der Waals surface area contributed by atoms with E-state index in [0.29, 0.717) is 18.8 Å². The molecule has 0 atom stereocenters. The fraction of sp³-hybridized carbons (Fsp3) is 0.667. The number of halogens is 5. The number of hydrogen-bond donors (Lipinski definition) is 0. The van der Waals surface area contributed by atoms with E-state index in [1.165, 1.54) is 12.1 Å². The number of rotatable bonds is 12. The Hall–Kier alpha value is -1.86. The van der Waals surface area contributed by atoms with Gasteiger partial charge in [0.15, 0.2) is 0 Å². The van der Waals surface area contributed by atoms with Gasteiger partial charge in [-0.3, -0.25) is 4.79 Å². The molecule has 0 radical (unpaired) electrons. The van der Waals surface area contributed by atoms with Crippen LogP contribution in [0.3, 0.4) is 0 Å². The van der Waals surface area contributed by atoms with Crippen LogP contribution in [-0.4, -0.2) is 44.1 Å². The molecule has 0 unspecified atom stereocenters. The molecule has 1 rings (SSSR count). The zero-order valence-electron chi connectivity index (χ0n) is 17.6. The van der Waals surface area contributed by atoms with Gasteiger partial charge in [-0.15, -0.1) is 0 Å². The highest BCUT2D eigenvalue weighted by Crippen LogP contribution is 2.40. The first-order valence-corrected chi connectivity index (χ1v) is 10.2. The molecule has 1 aromatic rings. The summed E-state index contributed by atoms with van der Waals surface area (Å²) in [5.74, 6) is -7.64. The van der Waals surface area contributed by atoms with Crippen molar-refractivity contribution in [3.63, 3.8) is 0 Å². The largest absolute Gasteiger partial charge is 0.461 e. The average molecular weight is 422 g/mol. The van der Waals surface area contributed by atoms with Gasteiger partial charge < -0.3 is 9.80 Å². The summed E-state index contributed by atoms with van der Waals surface area (Å²) < 4.78 is 65.3. The number of ketones is 1. The number of anilines is 2. The zero-order chi connectivity index (χ0) is 22.2. The lowest BCUT2D eigenvalue weighted by Gasteiger charge is -2.33. The minimum Gasteiger partial charge on any atom is -0.370 e. The van der Waals surface area contributed by atoms with Crippen molar-refractivity contribution in [3.05, 3.63) is 23.8 Å². The number of alkyl halides is 5. The molecular weight excluding hydrogens is 391 g/mol. The highest BCUT2D eigenvalue weighted by Gasteiger charge is 2.63. The number of nitrogens with zero attached hydrogens (tertiary/aromatic N) is 2. The number of carbonyl (C=O) groups is 1. The molecule has 0 fully saturated rings. The summed E-state index contributed by atoms with van der Waals surface area (Å²) in [5, 5.41) is 0. The van der Waals surface area contributed by atoms with Gasteiger partial charge in [0.1, 0.15) is 0 Å². The van der Waals surface area contributed by atoms with Crippen LogP contribution in [0.1, 0.15) is 63.7 Å². The predicted molar refractivity (Wildman–Crippen MR) is 107 cm³/mol. The molecule has 0 saturated carbocycles. The van der Waals surface area contributed by atoms with Crippen molar-refractivity contribution < 1.29 is 26.7 Å². The van der Waals surface area contributed by atoms with Gasteiger partial charge in [0.25, 0.3) is 0 Å². The minimum absolute atomic E-state index is 0.527. The molecule has 0 bridgehead atoms. The van der Waals surface area contributed by atoms with Gasteiger partial charge in [0.2, 0.25) is 5.78 Å². The van der Waals surface area contributed by atoms with Crippen molar-refractivity contribution in [2.45, 2.75) is 65.5 Å². The molecule has 0 aliphatic carbocycles. The van der Waals surface area contributed by atoms with Gasteiger partial charge in [-0.1, -0.05) is 27.7 Å². The van der Waals surface area contributed by atoms with Gasteiger partial charge >= 0.3 is 12.1 Å². The normalized spacial score (nSPS) is 12.2. The average Bonchev–Trinajstić information content (AvgIpc) is 2.65. The summed E-state index contributed by atoms with van der Waals surface area (Å²) in [4.78, 5) is 16.1.